The lowest BCUT2D eigenvalue weighted by Crippen LogP contribution is -2.22. The normalized spacial score (nSPS) is 32.4. The molecule has 0 radical (unpaired) electrons. The summed E-state index contributed by atoms with van der Waals surface area (Å²) in [6, 6.07) is 6.61. The molecule has 0 amide bonds. The van der Waals surface area contributed by atoms with Crippen LogP contribution < -0.4 is 5.11 Å². The van der Waals surface area contributed by atoms with Gasteiger partial charge in [-0.3, -0.25) is 0 Å². The number of hydrogen-bond donors (Lipinski definition) is 2. The summed E-state index contributed by atoms with van der Waals surface area (Å²) in [7, 11) is 0. The molecule has 0 bridgehead atoms. The van der Waals surface area contributed by atoms with Crippen LogP contribution in [0.4, 0.5) is 0 Å². The van der Waals surface area contributed by atoms with Crippen molar-refractivity contribution in [2.24, 2.45) is 17.8 Å². The minimum Gasteiger partial charge on any atom is -0.545 e. The third kappa shape index (κ3) is 4.57. The van der Waals surface area contributed by atoms with E-state index in [-0.39, 0.29) is 23.5 Å². The minimum atomic E-state index is -1.20. The predicted molar refractivity (Wildman–Crippen MR) is 108 cm³/mol. The van der Waals surface area contributed by atoms with E-state index in [1.54, 1.807) is 12.1 Å². The van der Waals surface area contributed by atoms with Gasteiger partial charge in [0, 0.05) is 24.7 Å². The molecule has 2 N–H and O–H groups in total. The molecule has 156 valence electrons. The van der Waals surface area contributed by atoms with Crippen LogP contribution in [0.2, 0.25) is 0 Å². The molecule has 0 unspecified atom stereocenters. The number of carbonyl (C=O) groups is 1. The molecule has 29 heavy (non-hydrogen) atoms. The molecule has 5 heteroatoms. The summed E-state index contributed by atoms with van der Waals surface area (Å²) in [6.07, 6.45) is 11.9. The Labute approximate surface area is 171 Å². The first kappa shape index (κ1) is 20.2. The number of carbonyl (C=O) groups excluding carboxylic acids is 1. The number of fused-ring (bicyclic) bond motifs is 1. The molecular weight excluding hydrogens is 368 g/mol. The van der Waals surface area contributed by atoms with Crippen molar-refractivity contribution in [1.82, 2.24) is 0 Å². The smallest absolute Gasteiger partial charge is 0.105 e. The Kier molecular flexibility index (Phi) is 6.07. The fraction of sp³-hybridized carbons (Fsp3) is 0.542. The van der Waals surface area contributed by atoms with Gasteiger partial charge in [-0.15, -0.1) is 0 Å². The van der Waals surface area contributed by atoms with E-state index < -0.39 is 18.2 Å². The van der Waals surface area contributed by atoms with Crippen molar-refractivity contribution < 1.29 is 24.9 Å². The van der Waals surface area contributed by atoms with Crippen LogP contribution in [0.15, 0.2) is 42.2 Å². The number of ether oxygens (including phenoxy) is 1. The molecule has 2 aliphatic carbocycles. The highest BCUT2D eigenvalue weighted by molar-refractivity contribution is 5.86. The minimum absolute atomic E-state index is 0.0290. The van der Waals surface area contributed by atoms with Crippen LogP contribution in [0.1, 0.15) is 60.9 Å². The Morgan fingerprint density at radius 1 is 1.24 bits per heavy atom. The molecule has 0 aromatic heterocycles. The van der Waals surface area contributed by atoms with Crippen LogP contribution in [0, 0.1) is 17.8 Å². The highest BCUT2D eigenvalue weighted by atomic mass is 16.5. The van der Waals surface area contributed by atoms with E-state index in [1.165, 1.54) is 25.3 Å². The van der Waals surface area contributed by atoms with Crippen molar-refractivity contribution in [2.45, 2.75) is 63.3 Å². The molecule has 1 aliphatic heterocycles. The summed E-state index contributed by atoms with van der Waals surface area (Å²) in [6.45, 7) is 0. The summed E-state index contributed by atoms with van der Waals surface area (Å²) in [4.78, 5) is 11.1. The quantitative estimate of drug-likeness (QED) is 0.746. The molecule has 0 spiro atoms. The van der Waals surface area contributed by atoms with Crippen LogP contribution in [0.3, 0.4) is 0 Å². The first-order valence-electron chi connectivity index (χ1n) is 10.7. The highest BCUT2D eigenvalue weighted by Crippen LogP contribution is 2.46. The zero-order valence-electron chi connectivity index (χ0n) is 16.6. The summed E-state index contributed by atoms with van der Waals surface area (Å²) in [5.41, 5.74) is 0.910. The second-order valence-corrected chi connectivity index (χ2v) is 8.70. The monoisotopic (exact) mass is 397 g/mol. The zero-order chi connectivity index (χ0) is 20.4. The molecular formula is C24H29O5-. The van der Waals surface area contributed by atoms with Crippen LogP contribution >= 0.6 is 0 Å². The Morgan fingerprint density at radius 3 is 2.79 bits per heavy atom. The maximum atomic E-state index is 11.1. The number of benzene rings is 1. The molecule has 1 saturated heterocycles. The van der Waals surface area contributed by atoms with E-state index in [2.05, 4.69) is 0 Å². The number of allylic oxidation sites excluding steroid dienone is 1. The van der Waals surface area contributed by atoms with Gasteiger partial charge in [0.2, 0.25) is 0 Å². The van der Waals surface area contributed by atoms with Gasteiger partial charge >= 0.3 is 0 Å². The van der Waals surface area contributed by atoms with E-state index in [0.717, 1.165) is 24.2 Å². The fourth-order valence-corrected chi connectivity index (χ4v) is 5.16. The number of carboxylic acids is 1. The van der Waals surface area contributed by atoms with Crippen LogP contribution in [0.25, 0.3) is 6.08 Å². The first-order chi connectivity index (χ1) is 14.0. The van der Waals surface area contributed by atoms with Gasteiger partial charge in [-0.1, -0.05) is 49.6 Å². The van der Waals surface area contributed by atoms with Crippen LogP contribution in [-0.2, 0) is 4.74 Å². The standard InChI is InChI=1S/C24H30O5/c25-21(16-6-2-1-3-7-16)10-9-19-20-13-18(29-23(20)14-22(19)26)12-15-5-4-8-17(11-15)24(27)28/h4-5,8-12,16,19-23,25-26H,1-3,6-7,13-14H2,(H,27,28)/p-1/b10-9+,18-12-/t19-,20-,21-,22-,23+/m1/s1. The third-order valence-corrected chi connectivity index (χ3v) is 6.74. The molecule has 5 atom stereocenters. The molecule has 3 aliphatic rings. The van der Waals surface area contributed by atoms with E-state index in [4.69, 9.17) is 4.74 Å². The topological polar surface area (TPSA) is 89.8 Å². The maximum absolute atomic E-state index is 11.1. The summed E-state index contributed by atoms with van der Waals surface area (Å²) in [5.74, 6) is 0.0997. The lowest BCUT2D eigenvalue weighted by Gasteiger charge is -2.25. The zero-order valence-corrected chi connectivity index (χ0v) is 16.6. The summed E-state index contributed by atoms with van der Waals surface area (Å²) >= 11 is 0. The van der Waals surface area contributed by atoms with Crippen molar-refractivity contribution in [2.75, 3.05) is 0 Å². The Morgan fingerprint density at radius 2 is 2.03 bits per heavy atom. The molecule has 3 fully saturated rings. The van der Waals surface area contributed by atoms with Gasteiger partial charge in [-0.2, -0.15) is 0 Å². The number of carboxylic acid groups (broad SMARTS) is 1. The van der Waals surface area contributed by atoms with Gasteiger partial charge < -0.3 is 24.9 Å². The first-order valence-corrected chi connectivity index (χ1v) is 10.7. The number of rotatable bonds is 5. The van der Waals surface area contributed by atoms with Gasteiger partial charge in [0.15, 0.2) is 0 Å². The van der Waals surface area contributed by atoms with E-state index in [0.29, 0.717) is 18.8 Å². The highest BCUT2D eigenvalue weighted by Gasteiger charge is 2.47. The van der Waals surface area contributed by atoms with Gasteiger partial charge in [0.1, 0.15) is 6.10 Å². The van der Waals surface area contributed by atoms with Gasteiger partial charge in [-0.05, 0) is 42.0 Å². The average Bonchev–Trinajstić information content (AvgIpc) is 3.23. The van der Waals surface area contributed by atoms with E-state index in [1.807, 2.05) is 24.3 Å². The number of aliphatic hydroxyl groups is 2. The van der Waals surface area contributed by atoms with Crippen molar-refractivity contribution >= 4 is 12.0 Å². The Bertz CT molecular complexity index is 792. The maximum Gasteiger partial charge on any atom is 0.105 e. The van der Waals surface area contributed by atoms with Crippen LogP contribution in [0.5, 0.6) is 0 Å². The second kappa shape index (κ2) is 8.72. The van der Waals surface area contributed by atoms with E-state index in [9.17, 15) is 20.1 Å². The number of hydrogen-bond acceptors (Lipinski definition) is 5. The third-order valence-electron chi connectivity index (χ3n) is 6.74. The summed E-state index contributed by atoms with van der Waals surface area (Å²) in [5, 5.41) is 32.1. The predicted octanol–water partition coefficient (Wildman–Crippen LogP) is 2.67. The average molecular weight is 397 g/mol. The Balaban J connectivity index is 1.43. The fourth-order valence-electron chi connectivity index (χ4n) is 5.16. The van der Waals surface area contributed by atoms with Crippen molar-refractivity contribution in [3.8, 4) is 0 Å². The molecule has 1 aromatic rings. The molecule has 2 saturated carbocycles. The van der Waals surface area contributed by atoms with Crippen molar-refractivity contribution in [3.63, 3.8) is 0 Å². The molecule has 4 rings (SSSR count). The lowest BCUT2D eigenvalue weighted by molar-refractivity contribution is -0.255. The Hall–Kier alpha value is -2.11. The lowest BCUT2D eigenvalue weighted by atomic mass is 9.84. The van der Waals surface area contributed by atoms with E-state index >= 15 is 0 Å². The van der Waals surface area contributed by atoms with Crippen LogP contribution in [-0.4, -0.2) is 34.5 Å². The van der Waals surface area contributed by atoms with Gasteiger partial charge in [0.05, 0.1) is 23.9 Å². The second-order valence-electron chi connectivity index (χ2n) is 8.70. The van der Waals surface area contributed by atoms with Crippen molar-refractivity contribution in [3.05, 3.63) is 53.3 Å². The van der Waals surface area contributed by atoms with Crippen molar-refractivity contribution in [1.29, 1.82) is 0 Å². The summed E-state index contributed by atoms with van der Waals surface area (Å²) < 4.78 is 6.06. The largest absolute Gasteiger partial charge is 0.545 e. The number of aliphatic hydroxyl groups excluding tert-OH is 2. The number of aromatic carboxylic acids is 1. The van der Waals surface area contributed by atoms with Gasteiger partial charge in [0.25, 0.3) is 0 Å². The molecule has 1 heterocycles. The SMILES string of the molecule is O=C([O-])c1cccc(/C=C2/C[C@@H]3[C@@H](/C=C/[C@@H](O)C4CCCCC4)[C@H](O)C[C@@H]3O2)c1. The molecule has 1 aromatic carbocycles. The van der Waals surface area contributed by atoms with Gasteiger partial charge in [-0.25, -0.2) is 0 Å². The molecule has 5 nitrogen and oxygen atoms in total.